The lowest BCUT2D eigenvalue weighted by molar-refractivity contribution is -0.134. The summed E-state index contributed by atoms with van der Waals surface area (Å²) < 4.78 is 62.9. The summed E-state index contributed by atoms with van der Waals surface area (Å²) in [5.41, 5.74) is 1.57. The van der Waals surface area contributed by atoms with E-state index in [0.717, 1.165) is 5.56 Å². The highest BCUT2D eigenvalue weighted by molar-refractivity contribution is 7.92. The van der Waals surface area contributed by atoms with Crippen molar-refractivity contribution in [1.29, 1.82) is 0 Å². The number of halogens is 1. The van der Waals surface area contributed by atoms with Gasteiger partial charge in [-0.3, -0.25) is 9.52 Å². The second-order valence-corrected chi connectivity index (χ2v) is 15.0. The zero-order valence-electron chi connectivity index (χ0n) is 24.4. The Morgan fingerprint density at radius 1 is 1.05 bits per heavy atom. The van der Waals surface area contributed by atoms with Gasteiger partial charge in [-0.25, -0.2) is 16.8 Å². The zero-order valence-corrected chi connectivity index (χ0v) is 26.8. The number of aliphatic hydroxyl groups is 1. The molecule has 0 aromatic heterocycles. The van der Waals surface area contributed by atoms with Gasteiger partial charge in [-0.05, 0) is 68.4 Å². The molecule has 0 fully saturated rings. The third-order valence-electron chi connectivity index (χ3n) is 7.46. The Balaban J connectivity index is 1.68. The van der Waals surface area contributed by atoms with Gasteiger partial charge in [0.1, 0.15) is 11.9 Å². The number of fused-ring (bicyclic) bond motifs is 1. The van der Waals surface area contributed by atoms with Crippen molar-refractivity contribution in [3.05, 3.63) is 82.9 Å². The van der Waals surface area contributed by atoms with E-state index in [1.54, 1.807) is 42.2 Å². The average Bonchev–Trinajstić information content (AvgIpc) is 3.00. The number of anilines is 1. The Hall–Kier alpha value is -3.16. The number of ether oxygens (including phenoxy) is 1. The molecule has 0 radical (unpaired) electrons. The second-order valence-electron chi connectivity index (χ2n) is 10.9. The highest BCUT2D eigenvalue weighted by Gasteiger charge is 2.33. The molecule has 3 aromatic carbocycles. The number of benzene rings is 3. The van der Waals surface area contributed by atoms with Crippen LogP contribution in [0.25, 0.3) is 0 Å². The summed E-state index contributed by atoms with van der Waals surface area (Å²) in [6.45, 7) is 5.40. The van der Waals surface area contributed by atoms with Crippen molar-refractivity contribution < 1.29 is 31.5 Å². The number of amides is 1. The number of nitrogens with zero attached hydrogens (tertiary/aromatic N) is 2. The van der Waals surface area contributed by atoms with Gasteiger partial charge in [-0.2, -0.15) is 4.31 Å². The predicted molar refractivity (Wildman–Crippen MR) is 165 cm³/mol. The van der Waals surface area contributed by atoms with Crippen LogP contribution in [0.2, 0.25) is 5.02 Å². The molecule has 2 N–H and O–H groups in total. The summed E-state index contributed by atoms with van der Waals surface area (Å²) in [6.07, 6.45) is -0.799. The number of likely N-dealkylation sites (N-methyl/N-ethyl adjacent to an activating group) is 1. The average molecular weight is 650 g/mol. The van der Waals surface area contributed by atoms with Crippen molar-refractivity contribution in [3.63, 3.8) is 0 Å². The van der Waals surface area contributed by atoms with Gasteiger partial charge >= 0.3 is 0 Å². The summed E-state index contributed by atoms with van der Waals surface area (Å²) in [4.78, 5) is 15.2. The predicted octanol–water partition coefficient (Wildman–Crippen LogP) is 3.92. The molecular formula is C30H36ClN3O7S2. The van der Waals surface area contributed by atoms with Gasteiger partial charge in [0, 0.05) is 35.8 Å². The molecule has 0 saturated heterocycles. The molecule has 43 heavy (non-hydrogen) atoms. The zero-order chi connectivity index (χ0) is 31.5. The SMILES string of the molecule is Cc1ccc(S(=O)(=O)N(C)C[C@H]2Oc3ccc(NS(=O)(=O)c4ccc(Cl)cc4)cc3CC(=O)N([C@H](C)CO)C[C@H]2C)cc1. The lowest BCUT2D eigenvalue weighted by Crippen LogP contribution is -2.48. The summed E-state index contributed by atoms with van der Waals surface area (Å²) in [5, 5.41) is 10.3. The van der Waals surface area contributed by atoms with E-state index in [0.29, 0.717) is 16.3 Å². The third-order valence-corrected chi connectivity index (χ3v) is 10.9. The molecule has 1 heterocycles. The fourth-order valence-corrected chi connectivity index (χ4v) is 7.14. The number of sulfonamides is 2. The molecule has 1 aliphatic heterocycles. The largest absolute Gasteiger partial charge is 0.488 e. The van der Waals surface area contributed by atoms with E-state index >= 15 is 0 Å². The molecule has 0 bridgehead atoms. The highest BCUT2D eigenvalue weighted by Crippen LogP contribution is 2.31. The minimum atomic E-state index is -3.95. The van der Waals surface area contributed by atoms with E-state index in [9.17, 15) is 26.7 Å². The van der Waals surface area contributed by atoms with Crippen LogP contribution < -0.4 is 9.46 Å². The van der Waals surface area contributed by atoms with E-state index in [1.807, 2.05) is 13.8 Å². The van der Waals surface area contributed by atoms with Crippen LogP contribution in [0, 0.1) is 12.8 Å². The highest BCUT2D eigenvalue weighted by atomic mass is 35.5. The smallest absolute Gasteiger partial charge is 0.261 e. The number of hydrogen-bond acceptors (Lipinski definition) is 7. The van der Waals surface area contributed by atoms with Crippen molar-refractivity contribution in [2.24, 2.45) is 5.92 Å². The number of carbonyl (C=O) groups excluding carboxylic acids is 1. The molecule has 0 unspecified atom stereocenters. The van der Waals surface area contributed by atoms with Gasteiger partial charge in [-0.1, -0.05) is 36.2 Å². The van der Waals surface area contributed by atoms with Crippen molar-refractivity contribution in [1.82, 2.24) is 9.21 Å². The van der Waals surface area contributed by atoms with Crippen LogP contribution in [0.3, 0.4) is 0 Å². The molecule has 3 atom stereocenters. The number of aryl methyl sites for hydroxylation is 1. The molecule has 0 aliphatic carbocycles. The van der Waals surface area contributed by atoms with Crippen molar-refractivity contribution in [3.8, 4) is 5.75 Å². The van der Waals surface area contributed by atoms with E-state index in [4.69, 9.17) is 16.3 Å². The minimum absolute atomic E-state index is 0.0161. The van der Waals surface area contributed by atoms with Crippen LogP contribution in [0.5, 0.6) is 5.75 Å². The maximum Gasteiger partial charge on any atom is 0.261 e. The van der Waals surface area contributed by atoms with Crippen molar-refractivity contribution in [2.75, 3.05) is 31.5 Å². The molecule has 232 valence electrons. The fraction of sp³-hybridized carbons (Fsp3) is 0.367. The molecule has 1 aliphatic rings. The molecule has 13 heteroatoms. The number of nitrogens with one attached hydrogen (secondary N) is 1. The summed E-state index contributed by atoms with van der Waals surface area (Å²) in [6, 6.07) is 16.4. The molecule has 0 saturated carbocycles. The maximum atomic E-state index is 13.5. The van der Waals surface area contributed by atoms with Gasteiger partial charge in [0.05, 0.1) is 35.4 Å². The first-order valence-electron chi connectivity index (χ1n) is 13.7. The fourth-order valence-electron chi connectivity index (χ4n) is 4.78. The number of rotatable bonds is 9. The Bertz CT molecular complexity index is 1660. The lowest BCUT2D eigenvalue weighted by Gasteiger charge is -2.33. The molecule has 4 rings (SSSR count). The van der Waals surface area contributed by atoms with E-state index < -0.39 is 32.2 Å². The summed E-state index contributed by atoms with van der Waals surface area (Å²) in [5.74, 6) is -0.279. The monoisotopic (exact) mass is 649 g/mol. The minimum Gasteiger partial charge on any atom is -0.488 e. The van der Waals surface area contributed by atoms with Crippen LogP contribution in [0.15, 0.2) is 76.5 Å². The first-order chi connectivity index (χ1) is 20.2. The Morgan fingerprint density at radius 2 is 1.67 bits per heavy atom. The van der Waals surface area contributed by atoms with Crippen LogP contribution in [-0.4, -0.2) is 75.9 Å². The van der Waals surface area contributed by atoms with Crippen LogP contribution in [0.1, 0.15) is 25.0 Å². The van der Waals surface area contributed by atoms with Crippen LogP contribution in [-0.2, 0) is 31.3 Å². The quantitative estimate of drug-likeness (QED) is 0.359. The van der Waals surface area contributed by atoms with Gasteiger partial charge in [0.25, 0.3) is 10.0 Å². The molecule has 10 nitrogen and oxygen atoms in total. The number of hydrogen-bond donors (Lipinski definition) is 2. The van der Waals surface area contributed by atoms with Gasteiger partial charge in [-0.15, -0.1) is 0 Å². The van der Waals surface area contributed by atoms with E-state index in [1.165, 1.54) is 47.8 Å². The number of carbonyl (C=O) groups is 1. The van der Waals surface area contributed by atoms with Gasteiger partial charge in [0.2, 0.25) is 15.9 Å². The van der Waals surface area contributed by atoms with E-state index in [-0.39, 0.29) is 53.4 Å². The van der Waals surface area contributed by atoms with E-state index in [2.05, 4.69) is 4.72 Å². The molecule has 3 aromatic rings. The third kappa shape index (κ3) is 7.68. The lowest BCUT2D eigenvalue weighted by atomic mass is 10.0. The van der Waals surface area contributed by atoms with Crippen molar-refractivity contribution >= 4 is 43.2 Å². The van der Waals surface area contributed by atoms with Crippen LogP contribution >= 0.6 is 11.6 Å². The molecule has 1 amide bonds. The van der Waals surface area contributed by atoms with Gasteiger partial charge < -0.3 is 14.7 Å². The first kappa shape index (κ1) is 32.7. The molecular weight excluding hydrogens is 614 g/mol. The summed E-state index contributed by atoms with van der Waals surface area (Å²) in [7, 11) is -6.31. The summed E-state index contributed by atoms with van der Waals surface area (Å²) >= 11 is 5.90. The first-order valence-corrected chi connectivity index (χ1v) is 17.0. The standard InChI is InChI=1S/C30H36ClN3O7S2/c1-20-5-10-27(11-6-20)43(39,40)33(4)18-29-21(2)17-34(22(3)19-35)30(36)16-23-15-25(9-14-28(23)41-29)32-42(37,38)26-12-7-24(31)8-13-26/h5-15,21-22,29,32,35H,16-19H2,1-4H3/t21-,22-,29-/m1/s1. The normalized spacial score (nSPS) is 18.7. The number of aliphatic hydroxyl groups excluding tert-OH is 1. The Morgan fingerprint density at radius 3 is 2.30 bits per heavy atom. The van der Waals surface area contributed by atoms with Gasteiger partial charge in [0.15, 0.2) is 0 Å². The maximum absolute atomic E-state index is 13.5. The van der Waals surface area contributed by atoms with Crippen LogP contribution in [0.4, 0.5) is 5.69 Å². The Kier molecular flexibility index (Phi) is 10.1. The molecule has 0 spiro atoms. The second kappa shape index (κ2) is 13.2. The van der Waals surface area contributed by atoms with Crippen molar-refractivity contribution in [2.45, 2.75) is 49.1 Å². The Labute approximate surface area is 258 Å². The topological polar surface area (TPSA) is 133 Å².